The summed E-state index contributed by atoms with van der Waals surface area (Å²) in [5.41, 5.74) is -1.40. The highest BCUT2D eigenvalue weighted by molar-refractivity contribution is 5.88. The molecule has 2 aliphatic rings. The minimum absolute atomic E-state index is 0.0447. The van der Waals surface area contributed by atoms with Crippen LogP contribution in [0.3, 0.4) is 0 Å². The molecule has 2 aliphatic heterocycles. The molecular weight excluding hydrogens is 580 g/mol. The van der Waals surface area contributed by atoms with Crippen LogP contribution >= 0.6 is 0 Å². The third-order valence-electron chi connectivity index (χ3n) is 7.29. The Bertz CT molecular complexity index is 1540. The maximum atomic E-state index is 13.7. The lowest BCUT2D eigenvalue weighted by molar-refractivity contribution is -0.277. The minimum atomic E-state index is -1.92. The summed E-state index contributed by atoms with van der Waals surface area (Å²) in [6, 6.07) is 5.43. The number of benzene rings is 2. The van der Waals surface area contributed by atoms with Crippen molar-refractivity contribution in [2.75, 3.05) is 6.61 Å². The van der Waals surface area contributed by atoms with Gasteiger partial charge in [0.25, 0.3) is 0 Å². The molecule has 5 unspecified atom stereocenters. The van der Waals surface area contributed by atoms with E-state index in [0.29, 0.717) is 0 Å². The van der Waals surface area contributed by atoms with Crippen molar-refractivity contribution in [1.29, 1.82) is 0 Å². The molecule has 43 heavy (non-hydrogen) atoms. The maximum Gasteiger partial charge on any atom is 0.239 e. The molecule has 3 aromatic rings. The van der Waals surface area contributed by atoms with Crippen LogP contribution in [0.15, 0.2) is 39.5 Å². The molecule has 2 saturated heterocycles. The SMILES string of the molecule is CC1O[C@@H](Oc2cc(O)c3c(=O)c(O[C@@H]4OC(CO)[C@H](O)C(O)C4O)c(-c4ccc(O)c(O)c4)oc3c2)C(O)[C@@H](O)[C@H]1O. The Morgan fingerprint density at radius 1 is 0.744 bits per heavy atom. The van der Waals surface area contributed by atoms with Crippen molar-refractivity contribution >= 4 is 11.0 Å². The quantitative estimate of drug-likeness (QED) is 0.135. The van der Waals surface area contributed by atoms with E-state index in [-0.39, 0.29) is 16.9 Å². The second-order valence-electron chi connectivity index (χ2n) is 10.2. The van der Waals surface area contributed by atoms with Crippen LogP contribution in [0.2, 0.25) is 0 Å². The number of aliphatic hydroxyl groups is 7. The number of fused-ring (bicyclic) bond motifs is 1. The Morgan fingerprint density at radius 2 is 1.40 bits per heavy atom. The average Bonchev–Trinajstić information content (AvgIpc) is 2.97. The first kappa shape index (κ1) is 30.7. The summed E-state index contributed by atoms with van der Waals surface area (Å²) >= 11 is 0. The zero-order valence-corrected chi connectivity index (χ0v) is 22.3. The van der Waals surface area contributed by atoms with E-state index in [9.17, 15) is 55.9 Å². The standard InChI is InChI=1S/C27H30O16/c1-8-17(32)20(35)22(37)26(39-8)40-10-5-13(31)16-14(6-10)41-24(9-2-3-11(29)12(30)4-9)25(19(16)34)43-27-23(38)21(36)18(33)15(7-28)42-27/h2-6,8,15,17-18,20-23,26-33,35-38H,7H2,1H3/t8?,15?,17-,18-,20-,21?,22?,23?,26-,27-/m0/s1. The van der Waals surface area contributed by atoms with E-state index in [4.69, 9.17) is 23.4 Å². The summed E-state index contributed by atoms with van der Waals surface area (Å²) < 4.78 is 27.8. The van der Waals surface area contributed by atoms with Crippen molar-refractivity contribution < 1.29 is 74.4 Å². The van der Waals surface area contributed by atoms with Crippen molar-refractivity contribution in [1.82, 2.24) is 0 Å². The highest BCUT2D eigenvalue weighted by atomic mass is 16.7. The van der Waals surface area contributed by atoms with Gasteiger partial charge in [-0.1, -0.05) is 0 Å². The lowest BCUT2D eigenvalue weighted by Gasteiger charge is -2.39. The zero-order valence-electron chi connectivity index (χ0n) is 22.3. The van der Waals surface area contributed by atoms with Crippen molar-refractivity contribution in [3.63, 3.8) is 0 Å². The third kappa shape index (κ3) is 5.55. The summed E-state index contributed by atoms with van der Waals surface area (Å²) in [4.78, 5) is 13.7. The molecule has 10 atom stereocenters. The maximum absolute atomic E-state index is 13.7. The van der Waals surface area contributed by atoms with Crippen LogP contribution in [0, 0.1) is 0 Å². The molecule has 234 valence electrons. The van der Waals surface area contributed by atoms with Gasteiger partial charge in [0.2, 0.25) is 23.8 Å². The molecule has 1 aromatic heterocycles. The molecular formula is C27H30O16. The van der Waals surface area contributed by atoms with Gasteiger partial charge in [0.05, 0.1) is 12.7 Å². The Hall–Kier alpha value is -3.71. The van der Waals surface area contributed by atoms with Gasteiger partial charge >= 0.3 is 0 Å². The Morgan fingerprint density at radius 3 is 2.05 bits per heavy atom. The van der Waals surface area contributed by atoms with Crippen molar-refractivity contribution in [3.05, 3.63) is 40.6 Å². The number of aromatic hydroxyl groups is 3. The normalized spacial score (nSPS) is 32.9. The number of phenolic OH excluding ortho intramolecular Hbond substituents is 3. The fraction of sp³-hybridized carbons (Fsp3) is 0.444. The van der Waals surface area contributed by atoms with Crippen molar-refractivity contribution in [2.45, 2.75) is 68.3 Å². The molecule has 10 N–H and O–H groups in total. The summed E-state index contributed by atoms with van der Waals surface area (Å²) in [6.07, 6.45) is -15.9. The molecule has 0 saturated carbocycles. The van der Waals surface area contributed by atoms with Crippen molar-refractivity contribution in [2.24, 2.45) is 0 Å². The first-order valence-corrected chi connectivity index (χ1v) is 13.0. The lowest BCUT2D eigenvalue weighted by Crippen LogP contribution is -2.60. The minimum Gasteiger partial charge on any atom is -0.507 e. The topological polar surface area (TPSA) is 269 Å². The largest absolute Gasteiger partial charge is 0.507 e. The van der Waals surface area contributed by atoms with Crippen LogP contribution < -0.4 is 14.9 Å². The Kier molecular flexibility index (Phi) is 8.41. The fourth-order valence-corrected chi connectivity index (χ4v) is 4.81. The molecule has 0 bridgehead atoms. The van der Waals surface area contributed by atoms with Gasteiger partial charge in [0.15, 0.2) is 17.3 Å². The second-order valence-corrected chi connectivity index (χ2v) is 10.2. The van der Waals surface area contributed by atoms with Crippen molar-refractivity contribution in [3.8, 4) is 40.1 Å². The summed E-state index contributed by atoms with van der Waals surface area (Å²) in [6.45, 7) is 0.650. The second kappa shape index (κ2) is 11.8. The van der Waals surface area contributed by atoms with Crippen LogP contribution in [0.1, 0.15) is 6.92 Å². The van der Waals surface area contributed by atoms with Gasteiger partial charge in [-0.05, 0) is 25.1 Å². The van der Waals surface area contributed by atoms with Gasteiger partial charge in [0, 0.05) is 17.7 Å². The smallest absolute Gasteiger partial charge is 0.239 e. The van der Waals surface area contributed by atoms with Crippen LogP contribution in [0.25, 0.3) is 22.3 Å². The molecule has 16 nitrogen and oxygen atoms in total. The predicted molar refractivity (Wildman–Crippen MR) is 140 cm³/mol. The van der Waals surface area contributed by atoms with Gasteiger partial charge < -0.3 is 74.4 Å². The number of hydrogen-bond acceptors (Lipinski definition) is 16. The summed E-state index contributed by atoms with van der Waals surface area (Å²) in [7, 11) is 0. The molecule has 0 aliphatic carbocycles. The zero-order chi connectivity index (χ0) is 31.3. The molecule has 0 amide bonds. The van der Waals surface area contributed by atoms with E-state index in [0.717, 1.165) is 24.3 Å². The van der Waals surface area contributed by atoms with E-state index in [2.05, 4.69) is 0 Å². The van der Waals surface area contributed by atoms with Crippen LogP contribution in [-0.2, 0) is 9.47 Å². The van der Waals surface area contributed by atoms with E-state index in [1.807, 2.05) is 0 Å². The van der Waals surface area contributed by atoms with E-state index in [1.165, 1.54) is 13.0 Å². The molecule has 3 heterocycles. The molecule has 2 aromatic carbocycles. The molecule has 0 spiro atoms. The Labute approximate surface area is 241 Å². The number of hydrogen-bond donors (Lipinski definition) is 10. The fourth-order valence-electron chi connectivity index (χ4n) is 4.81. The summed E-state index contributed by atoms with van der Waals surface area (Å²) in [5.74, 6) is -3.14. The average molecular weight is 611 g/mol. The molecule has 5 rings (SSSR count). The highest BCUT2D eigenvalue weighted by Crippen LogP contribution is 2.40. The molecule has 16 heteroatoms. The van der Waals surface area contributed by atoms with E-state index in [1.54, 1.807) is 0 Å². The highest BCUT2D eigenvalue weighted by Gasteiger charge is 2.46. The number of ether oxygens (including phenoxy) is 4. The van der Waals surface area contributed by atoms with Gasteiger partial charge in [-0.15, -0.1) is 0 Å². The Balaban J connectivity index is 1.61. The monoisotopic (exact) mass is 610 g/mol. The van der Waals surface area contributed by atoms with Crippen LogP contribution in [-0.4, -0.2) is 119 Å². The van der Waals surface area contributed by atoms with E-state index >= 15 is 0 Å². The van der Waals surface area contributed by atoms with Gasteiger partial charge in [-0.25, -0.2) is 0 Å². The number of rotatable bonds is 6. The lowest BCUT2D eigenvalue weighted by atomic mass is 9.99. The first-order valence-electron chi connectivity index (χ1n) is 13.0. The van der Waals surface area contributed by atoms with Crippen LogP contribution in [0.5, 0.6) is 28.7 Å². The van der Waals surface area contributed by atoms with Gasteiger partial charge in [-0.3, -0.25) is 4.79 Å². The number of phenols is 3. The molecule has 2 fully saturated rings. The van der Waals surface area contributed by atoms with Gasteiger partial charge in [0.1, 0.15) is 65.2 Å². The van der Waals surface area contributed by atoms with Crippen LogP contribution in [0.4, 0.5) is 0 Å². The predicted octanol–water partition coefficient (Wildman–Crippen LogP) is -2.04. The third-order valence-corrected chi connectivity index (χ3v) is 7.29. The van der Waals surface area contributed by atoms with Gasteiger partial charge in [-0.2, -0.15) is 0 Å². The number of aliphatic hydroxyl groups excluding tert-OH is 7. The summed E-state index contributed by atoms with van der Waals surface area (Å²) in [5, 5.41) is 101. The van der Waals surface area contributed by atoms with E-state index < -0.39 is 108 Å². The first-order chi connectivity index (χ1) is 20.3. The molecule has 0 radical (unpaired) electrons.